The van der Waals surface area contributed by atoms with E-state index in [0.29, 0.717) is 17.7 Å². The van der Waals surface area contributed by atoms with E-state index in [-0.39, 0.29) is 17.1 Å². The Labute approximate surface area is 119 Å². The van der Waals surface area contributed by atoms with Gasteiger partial charge in [-0.1, -0.05) is 0 Å². The van der Waals surface area contributed by atoms with Crippen LogP contribution in [0, 0.1) is 0 Å². The van der Waals surface area contributed by atoms with Crippen molar-refractivity contribution >= 4 is 16.7 Å². The van der Waals surface area contributed by atoms with Crippen LogP contribution < -0.4 is 14.8 Å². The number of anilines is 1. The standard InChI is InChI=1S/C13H14F3N3O2/c1-4-17-11-7-5-6-8(20-2)10(21-3)9(7)18-12(19-11)13(14,15)16/h5-6H,4H2,1-3H3,(H,17,18,19). The quantitative estimate of drug-likeness (QED) is 0.940. The third kappa shape index (κ3) is 2.79. The van der Waals surface area contributed by atoms with Crippen molar-refractivity contribution in [3.05, 3.63) is 18.0 Å². The predicted octanol–water partition coefficient (Wildman–Crippen LogP) is 3.10. The molecule has 1 heterocycles. The molecule has 0 aliphatic heterocycles. The molecule has 0 bridgehead atoms. The second kappa shape index (κ2) is 5.63. The Morgan fingerprint density at radius 1 is 1.14 bits per heavy atom. The minimum atomic E-state index is -4.65. The monoisotopic (exact) mass is 301 g/mol. The fourth-order valence-corrected chi connectivity index (χ4v) is 1.94. The van der Waals surface area contributed by atoms with Gasteiger partial charge < -0.3 is 14.8 Å². The van der Waals surface area contributed by atoms with Crippen LogP contribution in [0.2, 0.25) is 0 Å². The summed E-state index contributed by atoms with van der Waals surface area (Å²) in [4.78, 5) is 7.14. The van der Waals surface area contributed by atoms with E-state index >= 15 is 0 Å². The lowest BCUT2D eigenvalue weighted by molar-refractivity contribution is -0.144. The summed E-state index contributed by atoms with van der Waals surface area (Å²) in [6, 6.07) is 3.19. The van der Waals surface area contributed by atoms with Gasteiger partial charge in [-0.15, -0.1) is 0 Å². The lowest BCUT2D eigenvalue weighted by Gasteiger charge is -2.15. The molecule has 0 radical (unpaired) electrons. The van der Waals surface area contributed by atoms with Gasteiger partial charge in [0.05, 0.1) is 14.2 Å². The molecule has 5 nitrogen and oxygen atoms in total. The molecule has 2 aromatic rings. The van der Waals surface area contributed by atoms with Crippen molar-refractivity contribution in [3.8, 4) is 11.5 Å². The molecule has 0 aliphatic rings. The van der Waals surface area contributed by atoms with Gasteiger partial charge in [-0.05, 0) is 19.1 Å². The minimum Gasteiger partial charge on any atom is -0.493 e. The van der Waals surface area contributed by atoms with E-state index in [4.69, 9.17) is 9.47 Å². The normalized spacial score (nSPS) is 11.5. The summed E-state index contributed by atoms with van der Waals surface area (Å²) >= 11 is 0. The smallest absolute Gasteiger partial charge is 0.451 e. The van der Waals surface area contributed by atoms with Crippen LogP contribution in [0.25, 0.3) is 10.9 Å². The number of benzene rings is 1. The molecule has 8 heteroatoms. The van der Waals surface area contributed by atoms with E-state index in [1.807, 2.05) is 0 Å². The van der Waals surface area contributed by atoms with E-state index < -0.39 is 12.0 Å². The van der Waals surface area contributed by atoms with Crippen molar-refractivity contribution in [1.29, 1.82) is 0 Å². The summed E-state index contributed by atoms with van der Waals surface area (Å²) in [7, 11) is 2.75. The highest BCUT2D eigenvalue weighted by atomic mass is 19.4. The predicted molar refractivity (Wildman–Crippen MR) is 71.8 cm³/mol. The van der Waals surface area contributed by atoms with E-state index in [0.717, 1.165) is 0 Å². The minimum absolute atomic E-state index is 0.0510. The Bertz CT molecular complexity index is 659. The number of hydrogen-bond acceptors (Lipinski definition) is 5. The fraction of sp³-hybridized carbons (Fsp3) is 0.385. The fourth-order valence-electron chi connectivity index (χ4n) is 1.94. The first-order chi connectivity index (χ1) is 9.92. The topological polar surface area (TPSA) is 56.3 Å². The molecular weight excluding hydrogens is 287 g/mol. The molecule has 1 aromatic carbocycles. The average molecular weight is 301 g/mol. The first-order valence-electron chi connectivity index (χ1n) is 6.16. The number of aromatic nitrogens is 2. The molecule has 0 saturated carbocycles. The van der Waals surface area contributed by atoms with Gasteiger partial charge in [0.1, 0.15) is 11.3 Å². The largest absolute Gasteiger partial charge is 0.493 e. The Kier molecular flexibility index (Phi) is 4.06. The van der Waals surface area contributed by atoms with Gasteiger partial charge in [0.15, 0.2) is 11.5 Å². The van der Waals surface area contributed by atoms with Gasteiger partial charge in [-0.2, -0.15) is 13.2 Å². The highest BCUT2D eigenvalue weighted by molar-refractivity contribution is 5.95. The van der Waals surface area contributed by atoms with Crippen molar-refractivity contribution in [2.45, 2.75) is 13.1 Å². The van der Waals surface area contributed by atoms with Crippen LogP contribution in [0.5, 0.6) is 11.5 Å². The molecule has 0 unspecified atom stereocenters. The van der Waals surface area contributed by atoms with Gasteiger partial charge in [-0.25, -0.2) is 9.97 Å². The summed E-state index contributed by atoms with van der Waals surface area (Å²) in [5.41, 5.74) is 0.0510. The summed E-state index contributed by atoms with van der Waals surface area (Å²) < 4.78 is 49.0. The highest BCUT2D eigenvalue weighted by Crippen LogP contribution is 2.38. The summed E-state index contributed by atoms with van der Waals surface area (Å²) in [6.45, 7) is 2.19. The molecule has 1 N–H and O–H groups in total. The zero-order chi connectivity index (χ0) is 15.6. The molecule has 21 heavy (non-hydrogen) atoms. The zero-order valence-electron chi connectivity index (χ0n) is 11.7. The van der Waals surface area contributed by atoms with Crippen molar-refractivity contribution in [2.75, 3.05) is 26.1 Å². The van der Waals surface area contributed by atoms with E-state index in [2.05, 4.69) is 15.3 Å². The number of nitrogens with one attached hydrogen (secondary N) is 1. The molecule has 0 atom stereocenters. The van der Waals surface area contributed by atoms with Crippen molar-refractivity contribution in [2.24, 2.45) is 0 Å². The number of alkyl halides is 3. The first kappa shape index (κ1) is 15.1. The van der Waals surface area contributed by atoms with Crippen LogP contribution in [-0.2, 0) is 6.18 Å². The second-order valence-electron chi connectivity index (χ2n) is 4.12. The number of fused-ring (bicyclic) bond motifs is 1. The highest BCUT2D eigenvalue weighted by Gasteiger charge is 2.36. The molecule has 0 amide bonds. The van der Waals surface area contributed by atoms with Crippen LogP contribution in [0.4, 0.5) is 19.0 Å². The Hall–Kier alpha value is -2.25. The first-order valence-corrected chi connectivity index (χ1v) is 6.16. The molecular formula is C13H14F3N3O2. The number of nitrogens with zero attached hydrogens (tertiary/aromatic N) is 2. The number of methoxy groups -OCH3 is 2. The lowest BCUT2D eigenvalue weighted by atomic mass is 10.2. The molecule has 0 fully saturated rings. The maximum atomic E-state index is 12.9. The number of ether oxygens (including phenoxy) is 2. The SMILES string of the molecule is CCNc1nc(C(F)(F)F)nc2c(OC)c(OC)ccc12. The third-order valence-corrected chi connectivity index (χ3v) is 2.81. The van der Waals surface area contributed by atoms with Crippen LogP contribution >= 0.6 is 0 Å². The maximum Gasteiger partial charge on any atom is 0.451 e. The van der Waals surface area contributed by atoms with Gasteiger partial charge in [0.2, 0.25) is 5.82 Å². The van der Waals surface area contributed by atoms with E-state index in [1.165, 1.54) is 14.2 Å². The summed E-state index contributed by atoms with van der Waals surface area (Å²) in [6.07, 6.45) is -4.65. The average Bonchev–Trinajstić information content (AvgIpc) is 2.45. The van der Waals surface area contributed by atoms with Gasteiger partial charge in [-0.3, -0.25) is 0 Å². The Balaban J connectivity index is 2.82. The third-order valence-electron chi connectivity index (χ3n) is 2.81. The number of hydrogen-bond donors (Lipinski definition) is 1. The zero-order valence-corrected chi connectivity index (χ0v) is 11.7. The van der Waals surface area contributed by atoms with Gasteiger partial charge >= 0.3 is 6.18 Å². The van der Waals surface area contributed by atoms with E-state index in [9.17, 15) is 13.2 Å². The molecule has 2 rings (SSSR count). The molecule has 0 spiro atoms. The number of halogens is 3. The molecule has 1 aromatic heterocycles. The summed E-state index contributed by atoms with van der Waals surface area (Å²) in [5.74, 6) is -0.672. The van der Waals surface area contributed by atoms with Crippen LogP contribution in [0.3, 0.4) is 0 Å². The van der Waals surface area contributed by atoms with Crippen molar-refractivity contribution < 1.29 is 22.6 Å². The van der Waals surface area contributed by atoms with Crippen LogP contribution in [-0.4, -0.2) is 30.7 Å². The molecule has 114 valence electrons. The maximum absolute atomic E-state index is 12.9. The Morgan fingerprint density at radius 2 is 1.86 bits per heavy atom. The lowest BCUT2D eigenvalue weighted by Crippen LogP contribution is -2.14. The van der Waals surface area contributed by atoms with E-state index in [1.54, 1.807) is 19.1 Å². The van der Waals surface area contributed by atoms with Crippen molar-refractivity contribution in [3.63, 3.8) is 0 Å². The number of rotatable bonds is 4. The van der Waals surface area contributed by atoms with Gasteiger partial charge in [0.25, 0.3) is 0 Å². The van der Waals surface area contributed by atoms with Crippen molar-refractivity contribution in [1.82, 2.24) is 9.97 Å². The summed E-state index contributed by atoms with van der Waals surface area (Å²) in [5, 5.41) is 3.24. The van der Waals surface area contributed by atoms with Crippen LogP contribution in [0.15, 0.2) is 12.1 Å². The second-order valence-corrected chi connectivity index (χ2v) is 4.12. The van der Waals surface area contributed by atoms with Gasteiger partial charge in [0, 0.05) is 11.9 Å². The molecule has 0 aliphatic carbocycles. The molecule has 0 saturated heterocycles. The van der Waals surface area contributed by atoms with Crippen LogP contribution in [0.1, 0.15) is 12.7 Å². The Morgan fingerprint density at radius 3 is 2.38 bits per heavy atom.